The van der Waals surface area contributed by atoms with Crippen molar-refractivity contribution in [3.63, 3.8) is 0 Å². The van der Waals surface area contributed by atoms with Crippen molar-refractivity contribution < 1.29 is 19.3 Å². The molecule has 0 heterocycles. The molecule has 5 aromatic carbocycles. The van der Waals surface area contributed by atoms with Gasteiger partial charge >= 0.3 is 0 Å². The average Bonchev–Trinajstić information content (AvgIpc) is 3.11. The van der Waals surface area contributed by atoms with Gasteiger partial charge in [0.1, 0.15) is 11.5 Å². The Kier molecular flexibility index (Phi) is 6.39. The van der Waals surface area contributed by atoms with Crippen molar-refractivity contribution in [2.75, 3.05) is 45.3 Å². The highest BCUT2D eigenvalue weighted by Gasteiger charge is 2.32. The summed E-state index contributed by atoms with van der Waals surface area (Å²) in [5.74, 6) is 0.875. The average molecular weight is 557 g/mol. The number of ether oxygens (including phenoxy) is 3. The molecule has 0 fully saturated rings. The van der Waals surface area contributed by atoms with Crippen LogP contribution in [-0.2, 0) is 6.42 Å². The molecule has 10 nitrogen and oxygen atoms in total. The zero-order chi connectivity index (χ0) is 29.2. The number of methoxy groups -OCH3 is 3. The molecule has 0 unspecified atom stereocenters. The summed E-state index contributed by atoms with van der Waals surface area (Å²) in [5.41, 5.74) is 15.1. The van der Waals surface area contributed by atoms with Crippen molar-refractivity contribution >= 4 is 60.5 Å². The Morgan fingerprint density at radius 1 is 0.780 bits per heavy atom. The zero-order valence-corrected chi connectivity index (χ0v) is 23.8. The van der Waals surface area contributed by atoms with Gasteiger partial charge < -0.3 is 30.2 Å². The van der Waals surface area contributed by atoms with Crippen molar-refractivity contribution in [1.29, 1.82) is 0 Å². The van der Waals surface area contributed by atoms with Crippen LogP contribution in [0.25, 0.3) is 49.2 Å². The molecule has 212 valence electrons. The summed E-state index contributed by atoms with van der Waals surface area (Å²) in [6.07, 6.45) is 2.41. The zero-order valence-electron chi connectivity index (χ0n) is 23.8. The Hall–Kier alpha value is -4.54. The van der Waals surface area contributed by atoms with Crippen LogP contribution in [0.5, 0.6) is 23.0 Å². The van der Waals surface area contributed by atoms with E-state index in [1.165, 1.54) is 20.3 Å². The highest BCUT2D eigenvalue weighted by Crippen LogP contribution is 2.54. The molecule has 0 saturated carbocycles. The number of nitrogens with one attached hydrogen (secondary N) is 4. The largest absolute Gasteiger partial charge is 0.505 e. The van der Waals surface area contributed by atoms with Crippen molar-refractivity contribution in [1.82, 2.24) is 10.9 Å². The first kappa shape index (κ1) is 26.7. The third-order valence-electron chi connectivity index (χ3n) is 7.85. The lowest BCUT2D eigenvalue weighted by molar-refractivity contribution is 0.408. The molecule has 6 rings (SSSR count). The van der Waals surface area contributed by atoms with Gasteiger partial charge in [-0.05, 0) is 18.7 Å². The molecule has 5 N–H and O–H groups in total. The summed E-state index contributed by atoms with van der Waals surface area (Å²) in [7, 11) is 4.56. The quantitative estimate of drug-likeness (QED) is 0.0768. The van der Waals surface area contributed by atoms with E-state index >= 15 is 0 Å². The van der Waals surface area contributed by atoms with E-state index in [4.69, 9.17) is 14.2 Å². The fraction of sp³-hybridized carbons (Fsp3) is 0.290. The fourth-order valence-electron chi connectivity index (χ4n) is 6.34. The minimum absolute atomic E-state index is 0.153. The predicted molar refractivity (Wildman–Crippen MR) is 165 cm³/mol. The van der Waals surface area contributed by atoms with Gasteiger partial charge in [0.25, 0.3) is 0 Å². The molecule has 0 spiro atoms. The Bertz CT molecular complexity index is 2020. The number of hydrogen-bond acceptors (Lipinski definition) is 10. The third kappa shape index (κ3) is 3.57. The van der Waals surface area contributed by atoms with Gasteiger partial charge in [0.2, 0.25) is 5.43 Å². The standard InChI is InChI=1S/C31H32N4O6/c1-7-32-34-16-11-18(39-4)24-25-19(40-5)12-17(36)23-27(25)20-14(28(29(23)37)35-33-8-2)9-13(3)10-15-21(20)26(24)22(16)30(38)31(15)41-6/h9,11-12,32-35,37H,7-8,10H2,1-6H3. The summed E-state index contributed by atoms with van der Waals surface area (Å²) in [4.78, 5) is 27.9. The minimum Gasteiger partial charge on any atom is -0.505 e. The predicted octanol–water partition coefficient (Wildman–Crippen LogP) is 4.46. The molecule has 0 amide bonds. The maximum absolute atomic E-state index is 14.2. The minimum atomic E-state index is -0.386. The van der Waals surface area contributed by atoms with E-state index in [2.05, 4.69) is 21.7 Å². The van der Waals surface area contributed by atoms with Crippen LogP contribution >= 0.6 is 0 Å². The van der Waals surface area contributed by atoms with Crippen molar-refractivity contribution in [2.45, 2.75) is 27.2 Å². The normalized spacial score (nSPS) is 12.9. The van der Waals surface area contributed by atoms with Gasteiger partial charge in [-0.25, -0.2) is 10.9 Å². The molecular weight excluding hydrogens is 524 g/mol. The number of hydrazine groups is 2. The van der Waals surface area contributed by atoms with E-state index in [1.807, 2.05) is 26.8 Å². The monoisotopic (exact) mass is 556 g/mol. The Morgan fingerprint density at radius 2 is 1.41 bits per heavy atom. The lowest BCUT2D eigenvalue weighted by Crippen LogP contribution is -2.23. The fourth-order valence-corrected chi connectivity index (χ4v) is 6.34. The van der Waals surface area contributed by atoms with E-state index in [-0.39, 0.29) is 27.7 Å². The maximum Gasteiger partial charge on any atom is 0.230 e. The molecule has 1 aliphatic carbocycles. The van der Waals surface area contributed by atoms with Gasteiger partial charge in [0, 0.05) is 63.3 Å². The lowest BCUT2D eigenvalue weighted by Gasteiger charge is -2.24. The van der Waals surface area contributed by atoms with Gasteiger partial charge in [-0.1, -0.05) is 25.5 Å². The Labute approximate surface area is 235 Å². The number of aromatic hydroxyl groups is 1. The molecule has 41 heavy (non-hydrogen) atoms. The van der Waals surface area contributed by atoms with E-state index < -0.39 is 0 Å². The van der Waals surface area contributed by atoms with E-state index in [1.54, 1.807) is 13.2 Å². The second-order valence-corrected chi connectivity index (χ2v) is 10.2. The van der Waals surface area contributed by atoms with Gasteiger partial charge in [0.15, 0.2) is 16.9 Å². The van der Waals surface area contributed by atoms with Crippen molar-refractivity contribution in [2.24, 2.45) is 0 Å². The molecular formula is C31H32N4O6. The highest BCUT2D eigenvalue weighted by molar-refractivity contribution is 6.40. The number of phenols is 1. The molecule has 1 aliphatic rings. The van der Waals surface area contributed by atoms with Crippen LogP contribution in [0.4, 0.5) is 11.4 Å². The summed E-state index contributed by atoms with van der Waals surface area (Å²) >= 11 is 0. The molecule has 0 radical (unpaired) electrons. The number of benzene rings is 5. The van der Waals surface area contributed by atoms with Crippen LogP contribution in [0.1, 0.15) is 31.9 Å². The molecule has 5 aromatic rings. The number of rotatable bonds is 9. The van der Waals surface area contributed by atoms with Crippen LogP contribution in [0.15, 0.2) is 27.3 Å². The molecule has 0 aliphatic heterocycles. The van der Waals surface area contributed by atoms with Crippen LogP contribution < -0.4 is 46.8 Å². The van der Waals surface area contributed by atoms with E-state index in [0.29, 0.717) is 80.4 Å². The Balaban J connectivity index is 2.07. The third-order valence-corrected chi connectivity index (χ3v) is 7.85. The number of phenolic OH excluding ortho intramolecular Hbond substituents is 1. The number of allylic oxidation sites excluding steroid dienone is 1. The summed E-state index contributed by atoms with van der Waals surface area (Å²) in [6, 6.07) is 3.14. The number of fused-ring (bicyclic) bond motifs is 1. The molecule has 10 heteroatoms. The first-order valence-corrected chi connectivity index (χ1v) is 13.5. The molecule has 0 atom stereocenters. The van der Waals surface area contributed by atoms with Crippen LogP contribution in [0.2, 0.25) is 0 Å². The summed E-state index contributed by atoms with van der Waals surface area (Å²) in [6.45, 7) is 7.02. The lowest BCUT2D eigenvalue weighted by atomic mass is 9.83. The first-order chi connectivity index (χ1) is 19.8. The van der Waals surface area contributed by atoms with Gasteiger partial charge in [-0.15, -0.1) is 0 Å². The van der Waals surface area contributed by atoms with Crippen molar-refractivity contribution in [3.05, 3.63) is 49.3 Å². The first-order valence-electron chi connectivity index (χ1n) is 13.5. The van der Waals surface area contributed by atoms with Crippen LogP contribution in [-0.4, -0.2) is 39.5 Å². The summed E-state index contributed by atoms with van der Waals surface area (Å²) < 4.78 is 17.6. The highest BCUT2D eigenvalue weighted by atomic mass is 16.5. The number of anilines is 2. The topological polar surface area (TPSA) is 130 Å². The van der Waals surface area contributed by atoms with Gasteiger partial charge in [-0.2, -0.15) is 0 Å². The smallest absolute Gasteiger partial charge is 0.230 e. The van der Waals surface area contributed by atoms with Crippen molar-refractivity contribution in [3.8, 4) is 23.0 Å². The van der Waals surface area contributed by atoms with Gasteiger partial charge in [-0.3, -0.25) is 9.59 Å². The van der Waals surface area contributed by atoms with Crippen LogP contribution in [0, 0.1) is 0 Å². The van der Waals surface area contributed by atoms with Crippen LogP contribution in [0.3, 0.4) is 0 Å². The molecule has 0 saturated heterocycles. The molecule has 0 aromatic heterocycles. The maximum atomic E-state index is 14.2. The summed E-state index contributed by atoms with van der Waals surface area (Å²) in [5, 5.41) is 16.1. The SMILES string of the molecule is CCNNc1c(O)c2c(=O)cc(OC)c3c4c(OC)cc(NNCC)c5c(=O)c(OC)c6c(c(c1C=C(C)C6)c23)c54. The second-order valence-electron chi connectivity index (χ2n) is 10.2. The van der Waals surface area contributed by atoms with E-state index in [9.17, 15) is 14.7 Å². The number of hydrogen-bond donors (Lipinski definition) is 5. The second kappa shape index (κ2) is 9.83. The van der Waals surface area contributed by atoms with E-state index in [0.717, 1.165) is 16.3 Å². The molecule has 0 bridgehead atoms. The Morgan fingerprint density at radius 3 is 2.05 bits per heavy atom. The van der Waals surface area contributed by atoms with Gasteiger partial charge in [0.05, 0.1) is 43.5 Å².